The van der Waals surface area contributed by atoms with Crippen molar-refractivity contribution >= 4 is 60.3 Å². The van der Waals surface area contributed by atoms with E-state index in [1.54, 1.807) is 0 Å². The van der Waals surface area contributed by atoms with Crippen molar-refractivity contribution in [1.29, 1.82) is 0 Å². The van der Waals surface area contributed by atoms with Crippen LogP contribution in [-0.4, -0.2) is 4.57 Å². The van der Waals surface area contributed by atoms with Crippen LogP contribution in [0.5, 0.6) is 0 Å². The second-order valence-electron chi connectivity index (χ2n) is 10.5. The SMILES string of the molecule is C/C=C(\c1sc2ccccc2c1CC)N(c1ccccc1)c1ccc2c(c1)c1cc(-c3ccccc3)ccc1n2C. The summed E-state index contributed by atoms with van der Waals surface area (Å²) in [6.07, 6.45) is 3.27. The molecule has 0 radical (unpaired) electrons. The van der Waals surface area contributed by atoms with E-state index in [0.29, 0.717) is 0 Å². The first-order valence-electron chi connectivity index (χ1n) is 14.3. The summed E-state index contributed by atoms with van der Waals surface area (Å²) < 4.78 is 3.65. The van der Waals surface area contributed by atoms with Gasteiger partial charge in [0.05, 0.1) is 10.6 Å². The zero-order valence-electron chi connectivity index (χ0n) is 23.6. The van der Waals surface area contributed by atoms with E-state index in [1.807, 2.05) is 11.3 Å². The number of fused-ring (bicyclic) bond motifs is 4. The Kier molecular flexibility index (Phi) is 6.45. The monoisotopic (exact) mass is 548 g/mol. The van der Waals surface area contributed by atoms with Gasteiger partial charge in [0.2, 0.25) is 0 Å². The maximum atomic E-state index is 2.43. The maximum absolute atomic E-state index is 2.43. The summed E-state index contributed by atoms with van der Waals surface area (Å²) >= 11 is 1.89. The Bertz CT molecular complexity index is 2050. The lowest BCUT2D eigenvalue weighted by Crippen LogP contribution is -2.15. The minimum Gasteiger partial charge on any atom is -0.344 e. The third-order valence-corrected chi connectivity index (χ3v) is 9.40. The minimum absolute atomic E-state index is 0.990. The molecule has 0 aliphatic heterocycles. The van der Waals surface area contributed by atoms with Crippen LogP contribution in [0, 0.1) is 0 Å². The lowest BCUT2D eigenvalue weighted by molar-refractivity contribution is 1.01. The topological polar surface area (TPSA) is 8.17 Å². The Morgan fingerprint density at radius 1 is 0.683 bits per heavy atom. The lowest BCUT2D eigenvalue weighted by Gasteiger charge is -2.28. The number of allylic oxidation sites excluding steroid dienone is 1. The number of hydrogen-bond acceptors (Lipinski definition) is 2. The molecular weight excluding hydrogens is 516 g/mol. The predicted octanol–water partition coefficient (Wildman–Crippen LogP) is 11.0. The van der Waals surface area contributed by atoms with Gasteiger partial charge in [0.25, 0.3) is 0 Å². The Balaban J connectivity index is 1.46. The van der Waals surface area contributed by atoms with E-state index in [0.717, 1.165) is 17.8 Å². The van der Waals surface area contributed by atoms with Crippen molar-refractivity contribution in [2.75, 3.05) is 4.90 Å². The molecular formula is C38H32N2S. The molecule has 0 unspecified atom stereocenters. The third kappa shape index (κ3) is 4.25. The fourth-order valence-electron chi connectivity index (χ4n) is 6.18. The van der Waals surface area contributed by atoms with Gasteiger partial charge in [0.15, 0.2) is 0 Å². The Hall–Kier alpha value is -4.60. The molecule has 2 heterocycles. The number of para-hydroxylation sites is 1. The van der Waals surface area contributed by atoms with Crippen LogP contribution in [0.3, 0.4) is 0 Å². The fraction of sp³-hybridized carbons (Fsp3) is 0.105. The summed E-state index contributed by atoms with van der Waals surface area (Å²) in [5, 5.41) is 3.90. The first-order chi connectivity index (χ1) is 20.2. The molecule has 0 bridgehead atoms. The molecule has 0 saturated heterocycles. The molecule has 5 aromatic carbocycles. The van der Waals surface area contributed by atoms with Crippen LogP contribution in [-0.2, 0) is 13.5 Å². The van der Waals surface area contributed by atoms with Gasteiger partial charge in [-0.15, -0.1) is 11.3 Å². The van der Waals surface area contributed by atoms with Gasteiger partial charge in [-0.3, -0.25) is 0 Å². The molecule has 0 amide bonds. The van der Waals surface area contributed by atoms with Crippen LogP contribution in [0.25, 0.3) is 48.7 Å². The number of aryl methyl sites for hydroxylation is 2. The van der Waals surface area contributed by atoms with E-state index in [9.17, 15) is 0 Å². The highest BCUT2D eigenvalue weighted by atomic mass is 32.1. The van der Waals surface area contributed by atoms with E-state index in [2.05, 4.69) is 158 Å². The molecule has 7 rings (SSSR count). The van der Waals surface area contributed by atoms with E-state index in [1.165, 1.54) is 59.2 Å². The summed E-state index contributed by atoms with van der Waals surface area (Å²) in [5.41, 5.74) is 9.91. The van der Waals surface area contributed by atoms with Crippen LogP contribution in [0.2, 0.25) is 0 Å². The van der Waals surface area contributed by atoms with Gasteiger partial charge in [-0.2, -0.15) is 0 Å². The molecule has 200 valence electrons. The van der Waals surface area contributed by atoms with Crippen LogP contribution < -0.4 is 4.90 Å². The second-order valence-corrected chi connectivity index (χ2v) is 11.5. The molecule has 2 aromatic heterocycles. The van der Waals surface area contributed by atoms with Gasteiger partial charge in [-0.05, 0) is 84.0 Å². The average Bonchev–Trinajstić information content (AvgIpc) is 3.54. The number of hydrogen-bond donors (Lipinski definition) is 0. The van der Waals surface area contributed by atoms with Crippen molar-refractivity contribution in [3.8, 4) is 11.1 Å². The predicted molar refractivity (Wildman–Crippen MR) is 179 cm³/mol. The quantitative estimate of drug-likeness (QED) is 0.201. The molecule has 7 aromatic rings. The molecule has 0 spiro atoms. The van der Waals surface area contributed by atoms with Crippen molar-refractivity contribution in [2.45, 2.75) is 20.3 Å². The van der Waals surface area contributed by atoms with Gasteiger partial charge in [0.1, 0.15) is 0 Å². The summed E-state index contributed by atoms with van der Waals surface area (Å²) in [6, 6.07) is 44.0. The Labute approximate surface area is 245 Å². The van der Waals surface area contributed by atoms with E-state index in [4.69, 9.17) is 0 Å². The third-order valence-electron chi connectivity index (χ3n) is 8.17. The summed E-state index contributed by atoms with van der Waals surface area (Å²) in [5.74, 6) is 0. The highest BCUT2D eigenvalue weighted by Gasteiger charge is 2.22. The Morgan fingerprint density at radius 3 is 2.07 bits per heavy atom. The van der Waals surface area contributed by atoms with Crippen molar-refractivity contribution in [3.63, 3.8) is 0 Å². The summed E-state index contributed by atoms with van der Waals surface area (Å²) in [4.78, 5) is 3.77. The van der Waals surface area contributed by atoms with Crippen LogP contribution in [0.4, 0.5) is 11.4 Å². The zero-order valence-corrected chi connectivity index (χ0v) is 24.5. The van der Waals surface area contributed by atoms with Gasteiger partial charge >= 0.3 is 0 Å². The molecule has 2 nitrogen and oxygen atoms in total. The van der Waals surface area contributed by atoms with Crippen LogP contribution >= 0.6 is 11.3 Å². The van der Waals surface area contributed by atoms with Gasteiger partial charge in [-0.25, -0.2) is 0 Å². The van der Waals surface area contributed by atoms with Crippen molar-refractivity contribution in [1.82, 2.24) is 4.57 Å². The fourth-order valence-corrected chi connectivity index (χ4v) is 7.54. The number of thiophene rings is 1. The summed E-state index contributed by atoms with van der Waals surface area (Å²) in [7, 11) is 2.17. The minimum atomic E-state index is 0.990. The van der Waals surface area contributed by atoms with Crippen molar-refractivity contribution in [2.24, 2.45) is 7.05 Å². The van der Waals surface area contributed by atoms with Crippen molar-refractivity contribution < 1.29 is 0 Å². The number of aromatic nitrogens is 1. The van der Waals surface area contributed by atoms with Crippen LogP contribution in [0.15, 0.2) is 127 Å². The maximum Gasteiger partial charge on any atom is 0.0594 e. The smallest absolute Gasteiger partial charge is 0.0594 e. The van der Waals surface area contributed by atoms with Crippen molar-refractivity contribution in [3.05, 3.63) is 138 Å². The largest absolute Gasteiger partial charge is 0.344 e. The molecule has 0 saturated carbocycles. The molecule has 3 heteroatoms. The van der Waals surface area contributed by atoms with Crippen LogP contribution in [0.1, 0.15) is 24.3 Å². The lowest BCUT2D eigenvalue weighted by atomic mass is 10.0. The first kappa shape index (κ1) is 25.4. The Morgan fingerprint density at radius 2 is 1.34 bits per heavy atom. The molecule has 0 fully saturated rings. The molecule has 0 atom stereocenters. The van der Waals surface area contributed by atoms with E-state index < -0.39 is 0 Å². The number of anilines is 2. The zero-order chi connectivity index (χ0) is 27.9. The normalized spacial score (nSPS) is 12.0. The number of rotatable bonds is 6. The standard InChI is InChI=1S/C38H32N2S/c1-4-30-31-18-12-13-19-37(31)41-38(30)34(5-2)40(28-16-10-7-11-17-28)29-21-23-36-33(25-29)32-24-27(20-22-35(32)39(36)3)26-14-8-6-9-15-26/h5-25H,4H2,1-3H3/b34-5+. The van der Waals surface area contributed by atoms with E-state index in [-0.39, 0.29) is 0 Å². The second kappa shape index (κ2) is 10.4. The highest BCUT2D eigenvalue weighted by Crippen LogP contribution is 2.43. The molecule has 0 aliphatic carbocycles. The average molecular weight is 549 g/mol. The molecule has 0 aliphatic rings. The van der Waals surface area contributed by atoms with Gasteiger partial charge in [-0.1, -0.05) is 85.8 Å². The number of nitrogens with zero attached hydrogens (tertiary/aromatic N) is 2. The molecule has 41 heavy (non-hydrogen) atoms. The van der Waals surface area contributed by atoms with Gasteiger partial charge < -0.3 is 9.47 Å². The summed E-state index contributed by atoms with van der Waals surface area (Å²) in [6.45, 7) is 4.43. The molecule has 0 N–H and O–H groups in total. The van der Waals surface area contributed by atoms with E-state index >= 15 is 0 Å². The van der Waals surface area contributed by atoms with Gasteiger partial charge in [0, 0.05) is 44.9 Å². The first-order valence-corrected chi connectivity index (χ1v) is 15.1. The highest BCUT2D eigenvalue weighted by molar-refractivity contribution is 7.20. The number of benzene rings is 5.